The predicted molar refractivity (Wildman–Crippen MR) is 51.9 cm³/mol. The molecule has 2 nitrogen and oxygen atoms in total. The number of hydrogen-bond donors (Lipinski definition) is 1. The van der Waals surface area contributed by atoms with Gasteiger partial charge in [-0.15, -0.1) is 0 Å². The van der Waals surface area contributed by atoms with Gasteiger partial charge in [-0.1, -0.05) is 23.7 Å². The lowest BCUT2D eigenvalue weighted by molar-refractivity contribution is 0.847. The minimum atomic E-state index is 0.0763. The highest BCUT2D eigenvalue weighted by atomic mass is 35.5. The SMILES string of the molecule is C[C@@H]1N=C(Cl)c2ccccc2N1. The maximum atomic E-state index is 5.95. The minimum absolute atomic E-state index is 0.0763. The first-order valence-electron chi connectivity index (χ1n) is 3.86. The van der Waals surface area contributed by atoms with Gasteiger partial charge >= 0.3 is 0 Å². The molecule has 62 valence electrons. The molecule has 1 aliphatic rings. The third-order valence-corrected chi connectivity index (χ3v) is 2.12. The Morgan fingerprint density at radius 2 is 2.17 bits per heavy atom. The van der Waals surface area contributed by atoms with Gasteiger partial charge in [0.2, 0.25) is 0 Å². The van der Waals surface area contributed by atoms with Crippen LogP contribution in [0.4, 0.5) is 5.69 Å². The summed E-state index contributed by atoms with van der Waals surface area (Å²) in [7, 11) is 0. The molecule has 3 heteroatoms. The monoisotopic (exact) mass is 180 g/mol. The third kappa shape index (κ3) is 1.18. The van der Waals surface area contributed by atoms with Crippen LogP contribution in [0.5, 0.6) is 0 Å². The number of anilines is 1. The highest BCUT2D eigenvalue weighted by Gasteiger charge is 2.14. The van der Waals surface area contributed by atoms with Crippen molar-refractivity contribution in [2.24, 2.45) is 4.99 Å². The molecule has 0 radical (unpaired) electrons. The van der Waals surface area contributed by atoms with Crippen LogP contribution < -0.4 is 5.32 Å². The molecule has 1 aliphatic heterocycles. The van der Waals surface area contributed by atoms with Gasteiger partial charge in [0.25, 0.3) is 0 Å². The van der Waals surface area contributed by atoms with Gasteiger partial charge in [-0.2, -0.15) is 0 Å². The summed E-state index contributed by atoms with van der Waals surface area (Å²) in [5.74, 6) is 0. The second-order valence-corrected chi connectivity index (χ2v) is 3.14. The predicted octanol–water partition coefficient (Wildman–Crippen LogP) is 2.44. The Balaban J connectivity index is 2.53. The number of halogens is 1. The van der Waals surface area contributed by atoms with Crippen molar-refractivity contribution in [2.75, 3.05) is 5.32 Å². The fraction of sp³-hybridized carbons (Fsp3) is 0.222. The van der Waals surface area contributed by atoms with Crippen LogP contribution in [-0.4, -0.2) is 11.3 Å². The van der Waals surface area contributed by atoms with Gasteiger partial charge in [-0.25, -0.2) is 4.99 Å². The van der Waals surface area contributed by atoms with E-state index in [1.807, 2.05) is 31.2 Å². The molecule has 1 aromatic carbocycles. The third-order valence-electron chi connectivity index (χ3n) is 1.82. The van der Waals surface area contributed by atoms with E-state index in [1.54, 1.807) is 0 Å². The molecule has 0 bridgehead atoms. The Hall–Kier alpha value is -1.02. The van der Waals surface area contributed by atoms with Crippen molar-refractivity contribution in [2.45, 2.75) is 13.1 Å². The molecule has 0 aliphatic carbocycles. The lowest BCUT2D eigenvalue weighted by Crippen LogP contribution is -2.20. The molecule has 1 aromatic rings. The van der Waals surface area contributed by atoms with Crippen LogP contribution in [0, 0.1) is 0 Å². The number of nitrogens with zero attached hydrogens (tertiary/aromatic N) is 1. The lowest BCUT2D eigenvalue weighted by Gasteiger charge is -2.19. The van der Waals surface area contributed by atoms with Crippen LogP contribution in [0.3, 0.4) is 0 Å². The number of fused-ring (bicyclic) bond motifs is 1. The van der Waals surface area contributed by atoms with E-state index in [9.17, 15) is 0 Å². The molecule has 0 saturated carbocycles. The van der Waals surface area contributed by atoms with E-state index in [1.165, 1.54) is 0 Å². The molecule has 0 aromatic heterocycles. The Bertz CT molecular complexity index is 333. The zero-order chi connectivity index (χ0) is 8.55. The number of para-hydroxylation sites is 1. The smallest absolute Gasteiger partial charge is 0.135 e. The van der Waals surface area contributed by atoms with E-state index >= 15 is 0 Å². The number of benzene rings is 1. The molecule has 12 heavy (non-hydrogen) atoms. The van der Waals surface area contributed by atoms with Gasteiger partial charge in [0, 0.05) is 11.3 Å². The molecule has 1 atom stereocenters. The molecule has 0 saturated heterocycles. The number of hydrogen-bond acceptors (Lipinski definition) is 2. The zero-order valence-electron chi connectivity index (χ0n) is 6.71. The summed E-state index contributed by atoms with van der Waals surface area (Å²) in [6.45, 7) is 1.97. The van der Waals surface area contributed by atoms with Crippen molar-refractivity contribution in [3.63, 3.8) is 0 Å². The van der Waals surface area contributed by atoms with Crippen LogP contribution in [-0.2, 0) is 0 Å². The summed E-state index contributed by atoms with van der Waals surface area (Å²) in [5, 5.41) is 3.81. The summed E-state index contributed by atoms with van der Waals surface area (Å²) in [5.41, 5.74) is 2.04. The maximum absolute atomic E-state index is 5.95. The molecule has 2 rings (SSSR count). The Morgan fingerprint density at radius 3 is 3.00 bits per heavy atom. The van der Waals surface area contributed by atoms with Crippen LogP contribution >= 0.6 is 11.6 Å². The second-order valence-electron chi connectivity index (χ2n) is 2.79. The van der Waals surface area contributed by atoms with Crippen molar-refractivity contribution in [1.82, 2.24) is 0 Å². The quantitative estimate of drug-likeness (QED) is 0.652. The fourth-order valence-electron chi connectivity index (χ4n) is 1.29. The van der Waals surface area contributed by atoms with Crippen LogP contribution in [0.25, 0.3) is 0 Å². The summed E-state index contributed by atoms with van der Waals surface area (Å²) < 4.78 is 0. The van der Waals surface area contributed by atoms with Gasteiger partial charge in [-0.05, 0) is 19.1 Å². The number of nitrogens with one attached hydrogen (secondary N) is 1. The molecule has 0 amide bonds. The number of rotatable bonds is 0. The molecule has 0 spiro atoms. The highest BCUT2D eigenvalue weighted by molar-refractivity contribution is 6.70. The van der Waals surface area contributed by atoms with Gasteiger partial charge in [0.15, 0.2) is 0 Å². The van der Waals surface area contributed by atoms with Crippen molar-refractivity contribution in [3.05, 3.63) is 29.8 Å². The van der Waals surface area contributed by atoms with Gasteiger partial charge in [-0.3, -0.25) is 0 Å². The Kier molecular flexibility index (Phi) is 1.77. The summed E-state index contributed by atoms with van der Waals surface area (Å²) in [6.07, 6.45) is 0.0763. The molecular formula is C9H9ClN2. The first-order valence-corrected chi connectivity index (χ1v) is 4.24. The second kappa shape index (κ2) is 2.79. The average molecular weight is 181 g/mol. The van der Waals surface area contributed by atoms with E-state index in [2.05, 4.69) is 10.3 Å². The highest BCUT2D eigenvalue weighted by Crippen LogP contribution is 2.23. The summed E-state index contributed by atoms with van der Waals surface area (Å²) in [6, 6.07) is 7.89. The van der Waals surface area contributed by atoms with Crippen molar-refractivity contribution >= 4 is 22.5 Å². The zero-order valence-corrected chi connectivity index (χ0v) is 7.47. The van der Waals surface area contributed by atoms with Gasteiger partial charge < -0.3 is 5.32 Å². The molecular weight excluding hydrogens is 172 g/mol. The van der Waals surface area contributed by atoms with E-state index in [0.29, 0.717) is 5.17 Å². The molecule has 0 unspecified atom stereocenters. The summed E-state index contributed by atoms with van der Waals surface area (Å²) >= 11 is 5.95. The molecule has 0 fully saturated rings. The van der Waals surface area contributed by atoms with E-state index < -0.39 is 0 Å². The van der Waals surface area contributed by atoms with E-state index in [4.69, 9.17) is 11.6 Å². The van der Waals surface area contributed by atoms with Crippen molar-refractivity contribution in [3.8, 4) is 0 Å². The average Bonchev–Trinajstić information content (AvgIpc) is 2.04. The largest absolute Gasteiger partial charge is 0.363 e. The lowest BCUT2D eigenvalue weighted by atomic mass is 10.1. The Morgan fingerprint density at radius 1 is 1.42 bits per heavy atom. The van der Waals surface area contributed by atoms with Crippen molar-refractivity contribution in [1.29, 1.82) is 0 Å². The Labute approximate surface area is 76.3 Å². The van der Waals surface area contributed by atoms with Crippen LogP contribution in [0.1, 0.15) is 12.5 Å². The standard InChI is InChI=1S/C9H9ClN2/c1-6-11-8-5-3-2-4-7(8)9(10)12-6/h2-6,11H,1H3/t6-/m0/s1. The fourth-order valence-corrected chi connectivity index (χ4v) is 1.60. The molecule has 1 heterocycles. The number of aliphatic imine (C=N–C) groups is 1. The van der Waals surface area contributed by atoms with Gasteiger partial charge in [0.1, 0.15) is 11.3 Å². The van der Waals surface area contributed by atoms with Crippen LogP contribution in [0.15, 0.2) is 29.3 Å². The van der Waals surface area contributed by atoms with E-state index in [0.717, 1.165) is 11.3 Å². The normalized spacial score (nSPS) is 20.8. The van der Waals surface area contributed by atoms with Gasteiger partial charge in [0.05, 0.1) is 0 Å². The minimum Gasteiger partial charge on any atom is -0.363 e. The summed E-state index contributed by atoms with van der Waals surface area (Å²) in [4.78, 5) is 4.19. The maximum Gasteiger partial charge on any atom is 0.135 e. The topological polar surface area (TPSA) is 24.4 Å². The molecule has 1 N–H and O–H groups in total. The van der Waals surface area contributed by atoms with E-state index in [-0.39, 0.29) is 6.17 Å². The first-order chi connectivity index (χ1) is 5.77. The van der Waals surface area contributed by atoms with Crippen molar-refractivity contribution < 1.29 is 0 Å². The van der Waals surface area contributed by atoms with Crippen LogP contribution in [0.2, 0.25) is 0 Å². The first kappa shape index (κ1) is 7.62.